The molecule has 15 heteroatoms. The molecule has 276 valence electrons. The number of aliphatic hydroxyl groups excluding tert-OH is 1. The summed E-state index contributed by atoms with van der Waals surface area (Å²) < 4.78 is 34.3. The number of H-pyrrole nitrogens is 1. The van der Waals surface area contributed by atoms with Gasteiger partial charge in [-0.3, -0.25) is 28.5 Å². The first-order valence-corrected chi connectivity index (χ1v) is 19.0. The predicted molar refractivity (Wildman–Crippen MR) is 181 cm³/mol. The molecule has 0 aromatic carbocycles. The van der Waals surface area contributed by atoms with Crippen LogP contribution in [0, 0.1) is 0 Å². The van der Waals surface area contributed by atoms with Crippen molar-refractivity contribution in [3.8, 4) is 0 Å². The van der Waals surface area contributed by atoms with Gasteiger partial charge in [0.2, 0.25) is 0 Å². The lowest BCUT2D eigenvalue weighted by atomic mass is 10.0. The minimum Gasteiger partial charge on any atom is -0.456 e. The zero-order valence-electron chi connectivity index (χ0n) is 28.5. The molecule has 2 heterocycles. The third-order valence-corrected chi connectivity index (χ3v) is 8.85. The fourth-order valence-electron chi connectivity index (χ4n) is 5.73. The van der Waals surface area contributed by atoms with Crippen molar-refractivity contribution in [1.29, 1.82) is 0 Å². The average Bonchev–Trinajstić information content (AvgIpc) is 3.39. The average molecular weight is 704 g/mol. The third-order valence-electron chi connectivity index (χ3n) is 8.38. The van der Waals surface area contributed by atoms with Crippen LogP contribution in [0.3, 0.4) is 0 Å². The highest BCUT2D eigenvalue weighted by atomic mass is 31.1. The molecule has 5 unspecified atom stereocenters. The highest BCUT2D eigenvalue weighted by Crippen LogP contribution is 2.37. The summed E-state index contributed by atoms with van der Waals surface area (Å²) in [7, 11) is -3.42. The van der Waals surface area contributed by atoms with Crippen molar-refractivity contribution in [3.63, 3.8) is 0 Å². The molecule has 0 spiro atoms. The molecule has 0 aliphatic carbocycles. The van der Waals surface area contributed by atoms with E-state index in [2.05, 4.69) is 17.2 Å². The van der Waals surface area contributed by atoms with Crippen LogP contribution in [-0.2, 0) is 32.9 Å². The van der Waals surface area contributed by atoms with Gasteiger partial charge in [-0.2, -0.15) is 0 Å². The number of esters is 1. The quantitative estimate of drug-likeness (QED) is 0.0553. The molecule has 5 atom stereocenters. The summed E-state index contributed by atoms with van der Waals surface area (Å²) in [6.07, 6.45) is 16.1. The van der Waals surface area contributed by atoms with Gasteiger partial charge < -0.3 is 34.1 Å². The molecule has 1 aromatic rings. The van der Waals surface area contributed by atoms with Gasteiger partial charge in [0.05, 0.1) is 6.61 Å². The summed E-state index contributed by atoms with van der Waals surface area (Å²) in [5, 5.41) is 12.5. The second-order valence-electron chi connectivity index (χ2n) is 12.4. The van der Waals surface area contributed by atoms with Gasteiger partial charge in [-0.05, 0) is 19.3 Å². The van der Waals surface area contributed by atoms with Crippen LogP contribution in [0.5, 0.6) is 0 Å². The largest absolute Gasteiger partial charge is 0.456 e. The molecule has 1 saturated heterocycles. The van der Waals surface area contributed by atoms with Gasteiger partial charge in [0.15, 0.2) is 12.8 Å². The van der Waals surface area contributed by atoms with Gasteiger partial charge in [-0.25, -0.2) is 4.79 Å². The van der Waals surface area contributed by atoms with E-state index in [9.17, 15) is 33.7 Å². The van der Waals surface area contributed by atoms with E-state index in [1.54, 1.807) is 0 Å². The number of aromatic nitrogens is 2. The number of hydrogen-bond donors (Lipinski definition) is 4. The lowest BCUT2D eigenvalue weighted by Crippen LogP contribution is -2.40. The Morgan fingerprint density at radius 3 is 2.12 bits per heavy atom. The van der Waals surface area contributed by atoms with E-state index in [1.807, 2.05) is 0 Å². The van der Waals surface area contributed by atoms with Crippen molar-refractivity contribution in [2.24, 2.45) is 0 Å². The standard InChI is InChI=1S/C33H58N3O11P/c1-2-3-4-5-6-7-8-9-10-11-12-13-16-19-29(40)45-25-28(39)34-21-17-14-15-18-23-44-31-30(47-48(42)43)26(24-37)46-32(31)36-22-20-27(38)35-33(36)41/h20,22,26,30-32,37,48H,2-19,21,23-25H2,1H3,(H,34,39)(H,42,43)(H,35,38,41). The van der Waals surface area contributed by atoms with E-state index >= 15 is 0 Å². The number of nitrogens with zero attached hydrogens (tertiary/aromatic N) is 1. The van der Waals surface area contributed by atoms with Crippen LogP contribution in [0.4, 0.5) is 0 Å². The zero-order valence-corrected chi connectivity index (χ0v) is 29.5. The molecular formula is C33H58N3O11P. The zero-order chi connectivity index (χ0) is 35.0. The number of rotatable bonds is 28. The summed E-state index contributed by atoms with van der Waals surface area (Å²) in [5.41, 5.74) is -1.36. The Morgan fingerprint density at radius 2 is 1.52 bits per heavy atom. The molecule has 1 aliphatic rings. The monoisotopic (exact) mass is 703 g/mol. The Kier molecular flexibility index (Phi) is 22.3. The topological polar surface area (TPSA) is 195 Å². The van der Waals surface area contributed by atoms with E-state index < -0.39 is 50.7 Å². The van der Waals surface area contributed by atoms with E-state index in [0.717, 1.165) is 42.7 Å². The fourth-order valence-corrected chi connectivity index (χ4v) is 6.25. The van der Waals surface area contributed by atoms with Crippen molar-refractivity contribution < 1.29 is 42.9 Å². The van der Waals surface area contributed by atoms with Gasteiger partial charge in [-0.1, -0.05) is 96.8 Å². The molecule has 2 rings (SSSR count). The minimum atomic E-state index is -3.42. The number of carbonyl (C=O) groups is 2. The Labute approximate surface area is 284 Å². The molecule has 4 N–H and O–H groups in total. The van der Waals surface area contributed by atoms with Crippen LogP contribution in [0.25, 0.3) is 0 Å². The second-order valence-corrected chi connectivity index (χ2v) is 13.1. The Hall–Kier alpha value is -2.35. The normalized spacial score (nSPS) is 19.7. The third kappa shape index (κ3) is 17.3. The van der Waals surface area contributed by atoms with Crippen molar-refractivity contribution >= 4 is 20.1 Å². The van der Waals surface area contributed by atoms with Crippen LogP contribution < -0.4 is 16.6 Å². The van der Waals surface area contributed by atoms with Crippen LogP contribution >= 0.6 is 8.25 Å². The Morgan fingerprint density at radius 1 is 0.917 bits per heavy atom. The van der Waals surface area contributed by atoms with Crippen molar-refractivity contribution in [2.75, 3.05) is 26.4 Å². The number of nitrogens with one attached hydrogen (secondary N) is 2. The highest BCUT2D eigenvalue weighted by Gasteiger charge is 2.48. The molecule has 1 aromatic heterocycles. The maximum Gasteiger partial charge on any atom is 0.330 e. The fraction of sp³-hybridized carbons (Fsp3) is 0.818. The van der Waals surface area contributed by atoms with Crippen molar-refractivity contribution in [3.05, 3.63) is 33.1 Å². The Bertz CT molecular complexity index is 1180. The molecule has 14 nitrogen and oxygen atoms in total. The summed E-state index contributed by atoms with van der Waals surface area (Å²) in [6.45, 7) is 2.05. The molecule has 1 fully saturated rings. The number of unbranched alkanes of at least 4 members (excludes halogenated alkanes) is 15. The van der Waals surface area contributed by atoms with Crippen LogP contribution in [-0.4, -0.2) is 76.1 Å². The molecule has 1 amide bonds. The highest BCUT2D eigenvalue weighted by molar-refractivity contribution is 7.32. The van der Waals surface area contributed by atoms with Crippen molar-refractivity contribution in [1.82, 2.24) is 14.9 Å². The summed E-state index contributed by atoms with van der Waals surface area (Å²) in [5.74, 6) is -0.688. The van der Waals surface area contributed by atoms with Crippen molar-refractivity contribution in [2.45, 2.75) is 147 Å². The first-order valence-electron chi connectivity index (χ1n) is 17.8. The number of aliphatic hydroxyl groups is 1. The van der Waals surface area contributed by atoms with Gasteiger partial charge in [0.1, 0.15) is 18.3 Å². The first kappa shape index (κ1) is 41.8. The maximum atomic E-state index is 12.3. The van der Waals surface area contributed by atoms with Crippen LogP contribution in [0.2, 0.25) is 0 Å². The van der Waals surface area contributed by atoms with Crippen LogP contribution in [0.15, 0.2) is 21.9 Å². The van der Waals surface area contributed by atoms with E-state index in [-0.39, 0.29) is 25.1 Å². The lowest BCUT2D eigenvalue weighted by Gasteiger charge is -2.24. The SMILES string of the molecule is CCCCCCCCCCCCCCCC(=O)OCC(=O)NCCCCCCOC1C(O[PH](=O)O)C(CO)OC1n1ccc(=O)[nH]c1=O. The maximum absolute atomic E-state index is 12.3. The second kappa shape index (κ2) is 25.6. The predicted octanol–water partition coefficient (Wildman–Crippen LogP) is 4.28. The molecule has 1 aliphatic heterocycles. The molecule has 0 bridgehead atoms. The van der Waals surface area contributed by atoms with Crippen LogP contribution in [0.1, 0.15) is 129 Å². The summed E-state index contributed by atoms with van der Waals surface area (Å²) in [4.78, 5) is 59.3. The Balaban J connectivity index is 1.52. The first-order chi connectivity index (χ1) is 23.3. The minimum absolute atomic E-state index is 0.203. The smallest absolute Gasteiger partial charge is 0.330 e. The van der Waals surface area contributed by atoms with E-state index in [1.165, 1.54) is 70.4 Å². The van der Waals surface area contributed by atoms with E-state index in [0.29, 0.717) is 25.8 Å². The summed E-state index contributed by atoms with van der Waals surface area (Å²) >= 11 is 0. The van der Waals surface area contributed by atoms with Gasteiger partial charge in [-0.15, -0.1) is 0 Å². The number of carbonyl (C=O) groups excluding carboxylic acids is 2. The lowest BCUT2D eigenvalue weighted by molar-refractivity contribution is -0.148. The number of aromatic amines is 1. The number of amides is 1. The number of hydrogen-bond acceptors (Lipinski definition) is 10. The molecule has 0 radical (unpaired) electrons. The molecule has 0 saturated carbocycles. The van der Waals surface area contributed by atoms with Gasteiger partial charge in [0.25, 0.3) is 11.5 Å². The summed E-state index contributed by atoms with van der Waals surface area (Å²) in [6, 6.07) is 1.13. The molecular weight excluding hydrogens is 645 g/mol. The van der Waals surface area contributed by atoms with E-state index in [4.69, 9.17) is 18.7 Å². The van der Waals surface area contributed by atoms with Gasteiger partial charge >= 0.3 is 19.9 Å². The number of ether oxygens (including phenoxy) is 3. The van der Waals surface area contributed by atoms with Gasteiger partial charge in [0, 0.05) is 31.8 Å². The molecule has 48 heavy (non-hydrogen) atoms.